The molecular weight excluding hydrogens is 356 g/mol. The Morgan fingerprint density at radius 3 is 2.79 bits per heavy atom. The van der Waals surface area contributed by atoms with Crippen LogP contribution in [-0.4, -0.2) is 44.4 Å². The summed E-state index contributed by atoms with van der Waals surface area (Å²) in [5, 5.41) is 11.2. The van der Waals surface area contributed by atoms with Gasteiger partial charge in [-0.3, -0.25) is 0 Å². The minimum atomic E-state index is -0.124. The van der Waals surface area contributed by atoms with E-state index in [1.807, 2.05) is 50.4 Å². The Kier molecular flexibility index (Phi) is 6.41. The molecule has 8 nitrogen and oxygen atoms in total. The summed E-state index contributed by atoms with van der Waals surface area (Å²) in [4.78, 5) is 18.2. The number of nitrogens with zero attached hydrogens (tertiary/aromatic N) is 5. The van der Waals surface area contributed by atoms with Crippen LogP contribution in [-0.2, 0) is 13.0 Å². The van der Waals surface area contributed by atoms with Crippen molar-refractivity contribution in [2.75, 3.05) is 13.6 Å². The maximum absolute atomic E-state index is 12.3. The van der Waals surface area contributed by atoms with Crippen LogP contribution in [0.3, 0.4) is 0 Å². The van der Waals surface area contributed by atoms with Crippen LogP contribution >= 0.6 is 0 Å². The van der Waals surface area contributed by atoms with Crippen LogP contribution in [0.25, 0.3) is 5.69 Å². The molecule has 0 fully saturated rings. The number of aryl methyl sites for hydroxylation is 1. The van der Waals surface area contributed by atoms with Crippen LogP contribution in [0.2, 0.25) is 0 Å². The van der Waals surface area contributed by atoms with Crippen molar-refractivity contribution in [2.45, 2.75) is 39.2 Å². The van der Waals surface area contributed by atoms with Gasteiger partial charge in [-0.1, -0.05) is 37.2 Å². The molecule has 2 amide bonds. The van der Waals surface area contributed by atoms with Gasteiger partial charge in [-0.2, -0.15) is 10.1 Å². The maximum atomic E-state index is 12.3. The number of amides is 2. The maximum Gasteiger partial charge on any atom is 0.317 e. The number of hydrogen-bond donors (Lipinski definition) is 1. The monoisotopic (exact) mass is 382 g/mol. The Balaban J connectivity index is 1.41. The number of hydrogen-bond acceptors (Lipinski definition) is 5. The van der Waals surface area contributed by atoms with E-state index in [1.54, 1.807) is 22.8 Å². The summed E-state index contributed by atoms with van der Waals surface area (Å²) in [6.45, 7) is 5.08. The first-order chi connectivity index (χ1) is 13.5. The summed E-state index contributed by atoms with van der Waals surface area (Å²) >= 11 is 0. The van der Waals surface area contributed by atoms with E-state index in [9.17, 15) is 4.79 Å². The van der Waals surface area contributed by atoms with E-state index in [4.69, 9.17) is 4.52 Å². The van der Waals surface area contributed by atoms with Gasteiger partial charge in [-0.05, 0) is 18.6 Å². The molecule has 2 heterocycles. The Bertz CT molecular complexity index is 887. The van der Waals surface area contributed by atoms with Crippen molar-refractivity contribution in [2.24, 2.45) is 0 Å². The lowest BCUT2D eigenvalue weighted by Crippen LogP contribution is -2.37. The molecule has 0 radical (unpaired) electrons. The second-order valence-corrected chi connectivity index (χ2v) is 7.02. The molecule has 0 unspecified atom stereocenters. The van der Waals surface area contributed by atoms with Gasteiger partial charge in [0.2, 0.25) is 5.89 Å². The van der Waals surface area contributed by atoms with Crippen LogP contribution in [0.4, 0.5) is 4.79 Å². The normalized spacial score (nSPS) is 11.0. The Labute approximate surface area is 164 Å². The van der Waals surface area contributed by atoms with Gasteiger partial charge in [0.25, 0.3) is 0 Å². The first-order valence-electron chi connectivity index (χ1n) is 9.43. The second kappa shape index (κ2) is 9.16. The van der Waals surface area contributed by atoms with Gasteiger partial charge in [0.15, 0.2) is 5.82 Å². The van der Waals surface area contributed by atoms with Crippen molar-refractivity contribution in [1.29, 1.82) is 0 Å². The van der Waals surface area contributed by atoms with E-state index in [0.717, 1.165) is 23.5 Å². The predicted octanol–water partition coefficient (Wildman–Crippen LogP) is 3.15. The fraction of sp³-hybridized carbons (Fsp3) is 0.400. The molecular formula is C20H26N6O2. The van der Waals surface area contributed by atoms with Crippen molar-refractivity contribution in [3.63, 3.8) is 0 Å². The molecule has 0 aliphatic heterocycles. The molecule has 0 aliphatic carbocycles. The average Bonchev–Trinajstić information content (AvgIpc) is 3.35. The number of para-hydroxylation sites is 1. The number of benzene rings is 1. The molecule has 3 aromatic rings. The second-order valence-electron chi connectivity index (χ2n) is 7.02. The number of carbonyl (C=O) groups excluding carboxylic acids is 1. The number of aromatic nitrogens is 4. The van der Waals surface area contributed by atoms with Crippen molar-refractivity contribution in [3.8, 4) is 5.69 Å². The highest BCUT2D eigenvalue weighted by Crippen LogP contribution is 2.11. The summed E-state index contributed by atoms with van der Waals surface area (Å²) in [7, 11) is 1.77. The molecule has 0 atom stereocenters. The molecule has 1 aromatic carbocycles. The standard InChI is InChI=1S/C20H26N6O2/c1-15(2)19-23-18(28-24-19)10-7-11-21-20(27)25(3)13-16-12-22-26(14-16)17-8-5-4-6-9-17/h4-6,8-9,12,14-15H,7,10-11,13H2,1-3H3,(H,21,27). The zero-order valence-corrected chi connectivity index (χ0v) is 16.5. The molecule has 148 valence electrons. The quantitative estimate of drug-likeness (QED) is 0.605. The Morgan fingerprint density at radius 1 is 1.29 bits per heavy atom. The minimum Gasteiger partial charge on any atom is -0.339 e. The molecule has 0 saturated carbocycles. The molecule has 0 saturated heterocycles. The van der Waals surface area contributed by atoms with E-state index in [2.05, 4.69) is 20.6 Å². The fourth-order valence-corrected chi connectivity index (χ4v) is 2.68. The highest BCUT2D eigenvalue weighted by atomic mass is 16.5. The highest BCUT2D eigenvalue weighted by molar-refractivity contribution is 5.73. The molecule has 1 N–H and O–H groups in total. The zero-order valence-electron chi connectivity index (χ0n) is 16.5. The van der Waals surface area contributed by atoms with E-state index in [1.165, 1.54) is 0 Å². The van der Waals surface area contributed by atoms with Gasteiger partial charge < -0.3 is 14.7 Å². The highest BCUT2D eigenvalue weighted by Gasteiger charge is 2.12. The number of rotatable bonds is 8. The van der Waals surface area contributed by atoms with Crippen molar-refractivity contribution in [3.05, 3.63) is 60.0 Å². The third kappa shape index (κ3) is 5.18. The zero-order chi connectivity index (χ0) is 19.9. The van der Waals surface area contributed by atoms with E-state index in [0.29, 0.717) is 25.4 Å². The molecule has 2 aromatic heterocycles. The van der Waals surface area contributed by atoms with Crippen LogP contribution in [0.15, 0.2) is 47.2 Å². The van der Waals surface area contributed by atoms with Crippen LogP contribution in [0, 0.1) is 0 Å². The van der Waals surface area contributed by atoms with Gasteiger partial charge in [0.1, 0.15) is 0 Å². The van der Waals surface area contributed by atoms with Crippen molar-refractivity contribution >= 4 is 6.03 Å². The van der Waals surface area contributed by atoms with Crippen LogP contribution in [0.1, 0.15) is 43.5 Å². The first-order valence-corrected chi connectivity index (χ1v) is 9.43. The summed E-state index contributed by atoms with van der Waals surface area (Å²) in [5.41, 5.74) is 1.95. The van der Waals surface area contributed by atoms with Crippen LogP contribution < -0.4 is 5.32 Å². The van der Waals surface area contributed by atoms with Gasteiger partial charge >= 0.3 is 6.03 Å². The summed E-state index contributed by atoms with van der Waals surface area (Å²) in [5.74, 6) is 1.58. The first kappa shape index (κ1) is 19.6. The SMILES string of the molecule is CC(C)c1noc(CCCNC(=O)N(C)Cc2cnn(-c3ccccc3)c2)n1. The van der Waals surface area contributed by atoms with Gasteiger partial charge in [-0.25, -0.2) is 9.48 Å². The van der Waals surface area contributed by atoms with Crippen LogP contribution in [0.5, 0.6) is 0 Å². The van der Waals surface area contributed by atoms with E-state index >= 15 is 0 Å². The molecule has 8 heteroatoms. The molecule has 3 rings (SSSR count). The Hall–Kier alpha value is -3.16. The largest absolute Gasteiger partial charge is 0.339 e. The van der Waals surface area contributed by atoms with Gasteiger partial charge in [0.05, 0.1) is 18.4 Å². The van der Waals surface area contributed by atoms with Crippen molar-refractivity contribution in [1.82, 2.24) is 30.1 Å². The van der Waals surface area contributed by atoms with E-state index in [-0.39, 0.29) is 11.9 Å². The van der Waals surface area contributed by atoms with E-state index < -0.39 is 0 Å². The topological polar surface area (TPSA) is 89.1 Å². The third-order valence-corrected chi connectivity index (χ3v) is 4.27. The lowest BCUT2D eigenvalue weighted by atomic mass is 10.2. The molecule has 0 aliphatic rings. The number of carbonyl (C=O) groups is 1. The summed E-state index contributed by atoms with van der Waals surface area (Å²) in [6, 6.07) is 9.75. The van der Waals surface area contributed by atoms with Gasteiger partial charge in [0, 0.05) is 37.7 Å². The van der Waals surface area contributed by atoms with Gasteiger partial charge in [-0.15, -0.1) is 0 Å². The summed E-state index contributed by atoms with van der Waals surface area (Å²) < 4.78 is 7.01. The third-order valence-electron chi connectivity index (χ3n) is 4.27. The Morgan fingerprint density at radius 2 is 2.07 bits per heavy atom. The lowest BCUT2D eigenvalue weighted by molar-refractivity contribution is 0.206. The number of nitrogens with one attached hydrogen (secondary N) is 1. The number of urea groups is 1. The summed E-state index contributed by atoms with van der Waals surface area (Å²) in [6.07, 6.45) is 5.10. The van der Waals surface area contributed by atoms with Crippen molar-refractivity contribution < 1.29 is 9.32 Å². The predicted molar refractivity (Wildman–Crippen MR) is 105 cm³/mol. The molecule has 28 heavy (non-hydrogen) atoms. The average molecular weight is 382 g/mol. The molecule has 0 spiro atoms. The minimum absolute atomic E-state index is 0.124. The smallest absolute Gasteiger partial charge is 0.317 e. The fourth-order valence-electron chi connectivity index (χ4n) is 2.68. The molecule has 0 bridgehead atoms. The lowest BCUT2D eigenvalue weighted by Gasteiger charge is -2.16.